The molecule has 0 amide bonds. The molecular weight excluding hydrogens is 186 g/mol. The van der Waals surface area contributed by atoms with Gasteiger partial charge in [-0.1, -0.05) is 31.2 Å². The minimum absolute atomic E-state index is 0.568. The molecule has 1 aromatic carbocycles. The minimum atomic E-state index is -0.669. The summed E-state index contributed by atoms with van der Waals surface area (Å²) in [5.74, 6) is 0.568. The fourth-order valence-electron chi connectivity index (χ4n) is 2.57. The van der Waals surface area contributed by atoms with Gasteiger partial charge < -0.3 is 10.4 Å². The second-order valence-corrected chi connectivity index (χ2v) is 4.59. The second kappa shape index (κ2) is 3.95. The van der Waals surface area contributed by atoms with Crippen molar-refractivity contribution in [2.24, 2.45) is 0 Å². The van der Waals surface area contributed by atoms with Crippen molar-refractivity contribution in [1.29, 1.82) is 0 Å². The van der Waals surface area contributed by atoms with E-state index in [9.17, 15) is 5.11 Å². The molecular formula is C13H19NO. The number of fused-ring (bicyclic) bond motifs is 1. The maximum atomic E-state index is 10.6. The molecule has 0 saturated heterocycles. The summed E-state index contributed by atoms with van der Waals surface area (Å²) >= 11 is 0. The molecule has 0 saturated carbocycles. The first-order valence-electron chi connectivity index (χ1n) is 5.64. The highest BCUT2D eigenvalue weighted by Crippen LogP contribution is 2.40. The number of hydrogen-bond donors (Lipinski definition) is 2. The average Bonchev–Trinajstić information content (AvgIpc) is 2.25. The van der Waals surface area contributed by atoms with E-state index in [1.54, 1.807) is 0 Å². The van der Waals surface area contributed by atoms with Crippen LogP contribution in [0.2, 0.25) is 0 Å². The molecule has 1 aliphatic carbocycles. The van der Waals surface area contributed by atoms with Gasteiger partial charge in [0.15, 0.2) is 0 Å². The molecule has 2 atom stereocenters. The Hall–Kier alpha value is -0.860. The third kappa shape index (κ3) is 1.80. The van der Waals surface area contributed by atoms with Gasteiger partial charge in [-0.05, 0) is 36.9 Å². The summed E-state index contributed by atoms with van der Waals surface area (Å²) in [6, 6.07) is 8.26. The molecule has 2 nitrogen and oxygen atoms in total. The second-order valence-electron chi connectivity index (χ2n) is 4.59. The molecule has 0 heterocycles. The summed E-state index contributed by atoms with van der Waals surface area (Å²) in [7, 11) is 1.89. The van der Waals surface area contributed by atoms with Gasteiger partial charge in [0, 0.05) is 6.54 Å². The Kier molecular flexibility index (Phi) is 2.81. The maximum Gasteiger partial charge on any atom is 0.102 e. The van der Waals surface area contributed by atoms with Gasteiger partial charge in [0.25, 0.3) is 0 Å². The van der Waals surface area contributed by atoms with Crippen molar-refractivity contribution in [3.05, 3.63) is 35.4 Å². The molecule has 2 heteroatoms. The lowest BCUT2D eigenvalue weighted by Crippen LogP contribution is -2.40. The van der Waals surface area contributed by atoms with E-state index in [0.717, 1.165) is 18.4 Å². The van der Waals surface area contributed by atoms with E-state index in [-0.39, 0.29) is 0 Å². The Morgan fingerprint density at radius 3 is 2.93 bits per heavy atom. The predicted octanol–water partition coefficient (Wildman–Crippen LogP) is 1.99. The topological polar surface area (TPSA) is 32.3 Å². The lowest BCUT2D eigenvalue weighted by molar-refractivity contribution is 0.0180. The van der Waals surface area contributed by atoms with Gasteiger partial charge in [0.1, 0.15) is 5.60 Å². The van der Waals surface area contributed by atoms with Crippen LogP contribution < -0.4 is 5.32 Å². The van der Waals surface area contributed by atoms with Crippen molar-refractivity contribution in [2.45, 2.75) is 31.3 Å². The Balaban J connectivity index is 2.44. The van der Waals surface area contributed by atoms with Crippen LogP contribution in [-0.2, 0) is 5.60 Å². The molecule has 0 aliphatic heterocycles. The Morgan fingerprint density at radius 2 is 2.20 bits per heavy atom. The van der Waals surface area contributed by atoms with Crippen LogP contribution in [0.5, 0.6) is 0 Å². The van der Waals surface area contributed by atoms with Gasteiger partial charge in [0.05, 0.1) is 0 Å². The first-order chi connectivity index (χ1) is 7.17. The van der Waals surface area contributed by atoms with Crippen LogP contribution in [0.25, 0.3) is 0 Å². The lowest BCUT2D eigenvalue weighted by atomic mass is 9.74. The molecule has 2 N–H and O–H groups in total. The fraction of sp³-hybridized carbons (Fsp3) is 0.538. The number of nitrogens with one attached hydrogen (secondary N) is 1. The van der Waals surface area contributed by atoms with E-state index >= 15 is 0 Å². The first kappa shape index (κ1) is 10.7. The van der Waals surface area contributed by atoms with E-state index < -0.39 is 5.60 Å². The van der Waals surface area contributed by atoms with Gasteiger partial charge in [-0.2, -0.15) is 0 Å². The molecule has 1 aliphatic rings. The van der Waals surface area contributed by atoms with Crippen LogP contribution in [0.4, 0.5) is 0 Å². The van der Waals surface area contributed by atoms with Crippen molar-refractivity contribution in [1.82, 2.24) is 5.32 Å². The van der Waals surface area contributed by atoms with Crippen molar-refractivity contribution in [3.63, 3.8) is 0 Å². The Morgan fingerprint density at radius 1 is 1.47 bits per heavy atom. The molecule has 2 unspecified atom stereocenters. The lowest BCUT2D eigenvalue weighted by Gasteiger charge is -2.37. The van der Waals surface area contributed by atoms with Crippen LogP contribution >= 0.6 is 0 Å². The van der Waals surface area contributed by atoms with Gasteiger partial charge in [-0.15, -0.1) is 0 Å². The molecule has 15 heavy (non-hydrogen) atoms. The van der Waals surface area contributed by atoms with Crippen LogP contribution in [0.1, 0.15) is 36.8 Å². The van der Waals surface area contributed by atoms with Crippen molar-refractivity contribution in [2.75, 3.05) is 13.6 Å². The number of aliphatic hydroxyl groups is 1. The minimum Gasteiger partial charge on any atom is -0.384 e. The molecule has 82 valence electrons. The molecule has 2 rings (SSSR count). The summed E-state index contributed by atoms with van der Waals surface area (Å²) in [5, 5.41) is 13.7. The number of likely N-dealkylation sites (N-methyl/N-ethyl adjacent to an activating group) is 1. The summed E-state index contributed by atoms with van der Waals surface area (Å²) in [4.78, 5) is 0. The Bertz CT molecular complexity index is 350. The number of rotatable bonds is 2. The zero-order valence-electron chi connectivity index (χ0n) is 9.46. The van der Waals surface area contributed by atoms with Gasteiger partial charge in [-0.25, -0.2) is 0 Å². The standard InChI is InChI=1S/C13H19NO/c1-10-7-8-13(15,9-14-2)12-6-4-3-5-11(10)12/h3-6,10,14-15H,7-9H2,1-2H3. The van der Waals surface area contributed by atoms with Gasteiger partial charge >= 0.3 is 0 Å². The van der Waals surface area contributed by atoms with Crippen molar-refractivity contribution in [3.8, 4) is 0 Å². The molecule has 0 aromatic heterocycles. The molecule has 0 spiro atoms. The van der Waals surface area contributed by atoms with Crippen LogP contribution in [0, 0.1) is 0 Å². The van der Waals surface area contributed by atoms with Crippen molar-refractivity contribution >= 4 is 0 Å². The van der Waals surface area contributed by atoms with E-state index in [2.05, 4.69) is 30.4 Å². The molecule has 1 aromatic rings. The van der Waals surface area contributed by atoms with Gasteiger partial charge in [0.2, 0.25) is 0 Å². The maximum absolute atomic E-state index is 10.6. The smallest absolute Gasteiger partial charge is 0.102 e. The summed E-state index contributed by atoms with van der Waals surface area (Å²) in [6.45, 7) is 2.87. The zero-order valence-corrected chi connectivity index (χ0v) is 9.46. The molecule has 0 fully saturated rings. The largest absolute Gasteiger partial charge is 0.384 e. The van der Waals surface area contributed by atoms with Crippen molar-refractivity contribution < 1.29 is 5.11 Å². The summed E-state index contributed by atoms with van der Waals surface area (Å²) in [6.07, 6.45) is 1.92. The fourth-order valence-corrected chi connectivity index (χ4v) is 2.57. The number of benzene rings is 1. The van der Waals surface area contributed by atoms with E-state index in [1.807, 2.05) is 13.1 Å². The van der Waals surface area contributed by atoms with E-state index in [4.69, 9.17) is 0 Å². The quantitative estimate of drug-likeness (QED) is 0.774. The van der Waals surface area contributed by atoms with Crippen LogP contribution in [0.15, 0.2) is 24.3 Å². The highest BCUT2D eigenvalue weighted by molar-refractivity contribution is 5.37. The molecule has 0 radical (unpaired) electrons. The summed E-state index contributed by atoms with van der Waals surface area (Å²) < 4.78 is 0. The molecule has 0 bridgehead atoms. The predicted molar refractivity (Wildman–Crippen MR) is 61.9 cm³/mol. The van der Waals surface area contributed by atoms with Crippen LogP contribution in [0.3, 0.4) is 0 Å². The van der Waals surface area contributed by atoms with Crippen LogP contribution in [-0.4, -0.2) is 18.7 Å². The zero-order chi connectivity index (χ0) is 10.9. The highest BCUT2D eigenvalue weighted by atomic mass is 16.3. The monoisotopic (exact) mass is 205 g/mol. The van der Waals surface area contributed by atoms with Gasteiger partial charge in [-0.3, -0.25) is 0 Å². The first-order valence-corrected chi connectivity index (χ1v) is 5.64. The highest BCUT2D eigenvalue weighted by Gasteiger charge is 2.35. The third-order valence-corrected chi connectivity index (χ3v) is 3.45. The SMILES string of the molecule is CNCC1(O)CCC(C)c2ccccc21. The average molecular weight is 205 g/mol. The van der Waals surface area contributed by atoms with E-state index in [1.165, 1.54) is 5.56 Å². The Labute approximate surface area is 91.3 Å². The normalized spacial score (nSPS) is 29.9. The third-order valence-electron chi connectivity index (χ3n) is 3.45. The summed E-state index contributed by atoms with van der Waals surface area (Å²) in [5.41, 5.74) is 1.75. The van der Waals surface area contributed by atoms with E-state index in [0.29, 0.717) is 12.5 Å². The number of hydrogen-bond acceptors (Lipinski definition) is 2.